The van der Waals surface area contributed by atoms with Gasteiger partial charge in [0.05, 0.1) is 27.0 Å². The molecule has 24 nitrogen and oxygen atoms in total. The number of nitro groups is 1. The van der Waals surface area contributed by atoms with Gasteiger partial charge in [-0.15, -0.1) is 22.0 Å². The average Bonchev–Trinajstić information content (AvgIpc) is 3.05. The van der Waals surface area contributed by atoms with Crippen molar-refractivity contribution in [1.82, 2.24) is 15.0 Å². The summed E-state index contributed by atoms with van der Waals surface area (Å²) in [6.45, 7) is -0.402. The highest BCUT2D eigenvalue weighted by Crippen LogP contribution is 2.39. The summed E-state index contributed by atoms with van der Waals surface area (Å²) in [6, 6.07) is 9.82. The number of nitro benzene ring substituents is 1. The zero-order valence-corrected chi connectivity index (χ0v) is 31.5. The number of hydrogen-bond donors (Lipinski definition) is 8. The molecule has 0 aliphatic carbocycles. The second-order valence-corrected chi connectivity index (χ2v) is 17.8. The van der Waals surface area contributed by atoms with Gasteiger partial charge >= 0.3 is 0 Å². The maximum absolute atomic E-state index is 12.1. The largest absolute Gasteiger partial charge is 0.398 e. The van der Waals surface area contributed by atoms with Crippen molar-refractivity contribution in [2.24, 2.45) is 10.2 Å². The molecule has 296 valence electrons. The molecule has 0 aliphatic heterocycles. The molecule has 29 heteroatoms. The monoisotopic (exact) mass is 864 g/mol. The van der Waals surface area contributed by atoms with E-state index in [0.29, 0.717) is 6.07 Å². The Balaban J connectivity index is 1.80. The zero-order valence-electron chi connectivity index (χ0n) is 27.4. The van der Waals surface area contributed by atoms with Crippen molar-refractivity contribution in [2.45, 2.75) is 21.1 Å². The van der Waals surface area contributed by atoms with E-state index >= 15 is 0 Å². The van der Waals surface area contributed by atoms with Gasteiger partial charge in [-0.1, -0.05) is 6.07 Å². The number of nitrogens with zero attached hydrogens (tertiary/aromatic N) is 6. The van der Waals surface area contributed by atoms with Gasteiger partial charge in [-0.2, -0.15) is 48.6 Å². The minimum atomic E-state index is -5.07. The molecule has 3 aromatic carbocycles. The third-order valence-electron chi connectivity index (χ3n) is 6.54. The molecule has 1 aromatic heterocycles. The first kappa shape index (κ1) is 42.6. The quantitative estimate of drug-likeness (QED) is 0.0135. The first-order chi connectivity index (χ1) is 25.5. The Morgan fingerprint density at radius 3 is 2.02 bits per heavy atom. The average molecular weight is 865 g/mol. The SMILES string of the molecule is Nc1cc(Nc2nc(NCCS(=O)(=O)O)nc(Nc3cccc(S(=O)(=O)O)c3)n2)c(N=Nc2ccc([N+](=O)[O-])cc2S(=O)(=O)O)cc1SCCCS(=O)(=O)O. The van der Waals surface area contributed by atoms with Crippen LogP contribution in [-0.2, 0) is 40.5 Å². The van der Waals surface area contributed by atoms with Crippen molar-refractivity contribution in [3.63, 3.8) is 0 Å². The van der Waals surface area contributed by atoms with Crippen LogP contribution in [0.2, 0.25) is 0 Å². The molecule has 4 rings (SSSR count). The lowest BCUT2D eigenvalue weighted by molar-refractivity contribution is -0.385. The Morgan fingerprint density at radius 2 is 1.40 bits per heavy atom. The Kier molecular flexibility index (Phi) is 13.3. The Hall–Kier alpha value is -5.14. The van der Waals surface area contributed by atoms with Crippen LogP contribution in [0.15, 0.2) is 79.5 Å². The van der Waals surface area contributed by atoms with E-state index in [4.69, 9.17) is 14.8 Å². The van der Waals surface area contributed by atoms with Crippen molar-refractivity contribution in [3.05, 3.63) is 64.7 Å². The molecule has 0 bridgehead atoms. The topological polar surface area (TPSA) is 386 Å². The number of non-ortho nitro benzene ring substituents is 1. The number of benzene rings is 3. The summed E-state index contributed by atoms with van der Waals surface area (Å²) in [5.74, 6) is -2.09. The lowest BCUT2D eigenvalue weighted by Gasteiger charge is -2.14. The third-order valence-corrected chi connectivity index (χ3v) is 11.0. The van der Waals surface area contributed by atoms with Crippen molar-refractivity contribution in [3.8, 4) is 0 Å². The molecule has 0 radical (unpaired) electrons. The predicted octanol–water partition coefficient (Wildman–Crippen LogP) is 3.43. The molecule has 9 N–H and O–H groups in total. The standard InChI is InChI=1S/C26H28N10O14S5/c27-18-13-20(30-26-32-24(28-7-10-53(42,43)44)31-25(33-26)29-15-3-1-4-17(11-15)54(45,46)47)21(14-22(18)51-8-2-9-52(39,40)41)35-34-19-6-5-16(36(37)38)12-23(19)55(48,49)50/h1,3-6,11-14H,2,7-10,27H2,(H,39,40,41)(H,42,43,44)(H,45,46,47)(H,48,49,50)(H3,28,29,30,31,32,33). The van der Waals surface area contributed by atoms with Crippen LogP contribution in [0.1, 0.15) is 6.42 Å². The van der Waals surface area contributed by atoms with E-state index in [2.05, 4.69) is 41.1 Å². The fraction of sp³-hybridized carbons (Fsp3) is 0.192. The van der Waals surface area contributed by atoms with E-state index in [9.17, 15) is 52.9 Å². The number of nitrogens with one attached hydrogen (secondary N) is 3. The summed E-state index contributed by atoms with van der Waals surface area (Å²) in [6.07, 6.45) is 0.00143. The zero-order chi connectivity index (χ0) is 40.8. The lowest BCUT2D eigenvalue weighted by atomic mass is 10.2. The number of rotatable bonds is 18. The van der Waals surface area contributed by atoms with E-state index in [1.807, 2.05) is 0 Å². The summed E-state index contributed by atoms with van der Waals surface area (Å²) in [7, 11) is -18.4. The van der Waals surface area contributed by atoms with Gasteiger partial charge in [0.2, 0.25) is 17.8 Å². The van der Waals surface area contributed by atoms with Crippen LogP contribution in [0.4, 0.5) is 52.0 Å². The van der Waals surface area contributed by atoms with Crippen LogP contribution in [-0.4, -0.2) is 95.6 Å². The van der Waals surface area contributed by atoms with Gasteiger partial charge in [0, 0.05) is 34.9 Å². The number of azo groups is 1. The first-order valence-corrected chi connectivity index (χ1v) is 21.8. The van der Waals surface area contributed by atoms with E-state index < -0.39 is 84.6 Å². The number of hydrogen-bond acceptors (Lipinski definition) is 20. The summed E-state index contributed by atoms with van der Waals surface area (Å²) >= 11 is 1.04. The van der Waals surface area contributed by atoms with Crippen LogP contribution in [0.5, 0.6) is 0 Å². The Morgan fingerprint density at radius 1 is 0.764 bits per heavy atom. The summed E-state index contributed by atoms with van der Waals surface area (Å²) in [4.78, 5) is 21.6. The second kappa shape index (κ2) is 17.1. The number of nitrogens with two attached hydrogens (primary N) is 1. The highest BCUT2D eigenvalue weighted by atomic mass is 32.2. The maximum atomic E-state index is 12.1. The molecule has 0 atom stereocenters. The minimum absolute atomic E-state index is 0.00143. The number of aromatic nitrogens is 3. The molecule has 1 heterocycles. The van der Waals surface area contributed by atoms with Crippen LogP contribution in [0.25, 0.3) is 0 Å². The Labute approximate surface area is 316 Å². The molecule has 0 aliphatic rings. The molecule has 55 heavy (non-hydrogen) atoms. The van der Waals surface area contributed by atoms with E-state index in [1.165, 1.54) is 24.3 Å². The van der Waals surface area contributed by atoms with Gasteiger partial charge in [0.1, 0.15) is 16.3 Å². The van der Waals surface area contributed by atoms with Crippen LogP contribution < -0.4 is 21.7 Å². The minimum Gasteiger partial charge on any atom is -0.398 e. The number of nitrogen functional groups attached to an aromatic ring is 1. The smallest absolute Gasteiger partial charge is 0.297 e. The van der Waals surface area contributed by atoms with Gasteiger partial charge in [0.25, 0.3) is 46.2 Å². The molecule has 0 saturated heterocycles. The first-order valence-electron chi connectivity index (χ1n) is 14.7. The van der Waals surface area contributed by atoms with Crippen molar-refractivity contribution in [1.29, 1.82) is 0 Å². The van der Waals surface area contributed by atoms with Gasteiger partial charge in [-0.05, 0) is 48.6 Å². The summed E-state index contributed by atoms with van der Waals surface area (Å²) in [5, 5.41) is 27.2. The number of anilines is 6. The molecular weight excluding hydrogens is 837 g/mol. The predicted molar refractivity (Wildman–Crippen MR) is 197 cm³/mol. The molecule has 0 saturated carbocycles. The van der Waals surface area contributed by atoms with Gasteiger partial charge in [-0.3, -0.25) is 28.3 Å². The molecule has 0 fully saturated rings. The summed E-state index contributed by atoms with van der Waals surface area (Å²) in [5.41, 5.74) is 4.98. The maximum Gasteiger partial charge on any atom is 0.297 e. The Bertz CT molecular complexity index is 2590. The van der Waals surface area contributed by atoms with Crippen molar-refractivity contribution in [2.75, 3.05) is 45.5 Å². The molecule has 0 unspecified atom stereocenters. The fourth-order valence-electron chi connectivity index (χ4n) is 4.17. The van der Waals surface area contributed by atoms with Crippen molar-refractivity contribution < 1.29 is 56.8 Å². The van der Waals surface area contributed by atoms with Crippen LogP contribution in [0, 0.1) is 10.1 Å². The third kappa shape index (κ3) is 13.3. The van der Waals surface area contributed by atoms with Gasteiger partial charge in [-0.25, -0.2) is 0 Å². The normalized spacial score (nSPS) is 12.4. The number of thioether (sulfide) groups is 1. The van der Waals surface area contributed by atoms with Crippen molar-refractivity contribution >= 4 is 104 Å². The summed E-state index contributed by atoms with van der Waals surface area (Å²) < 4.78 is 130. The molecular formula is C26H28N10O14S5. The molecule has 4 aromatic rings. The van der Waals surface area contributed by atoms with Crippen LogP contribution >= 0.6 is 11.8 Å². The van der Waals surface area contributed by atoms with E-state index in [0.717, 1.165) is 36.0 Å². The lowest BCUT2D eigenvalue weighted by Crippen LogP contribution is -2.17. The van der Waals surface area contributed by atoms with E-state index in [-0.39, 0.29) is 57.7 Å². The molecule has 0 amide bonds. The highest BCUT2D eigenvalue weighted by molar-refractivity contribution is 7.99. The second-order valence-electron chi connectivity index (χ2n) is 10.8. The van der Waals surface area contributed by atoms with Crippen LogP contribution in [0.3, 0.4) is 0 Å². The van der Waals surface area contributed by atoms with Gasteiger partial charge in [0.15, 0.2) is 0 Å². The molecule has 0 spiro atoms. The van der Waals surface area contributed by atoms with E-state index in [1.54, 1.807) is 0 Å². The fourth-order valence-corrected chi connectivity index (χ4v) is 7.32. The highest BCUT2D eigenvalue weighted by Gasteiger charge is 2.21. The van der Waals surface area contributed by atoms with Gasteiger partial charge < -0.3 is 21.7 Å².